The molecular weight excluding hydrogens is 334 g/mol. The number of nitrogens with zero attached hydrogens (tertiary/aromatic N) is 2. The topological polar surface area (TPSA) is 37.8 Å². The lowest BCUT2D eigenvalue weighted by molar-refractivity contribution is 1.03. The highest BCUT2D eigenvalue weighted by Crippen LogP contribution is 2.23. The van der Waals surface area contributed by atoms with E-state index in [1.807, 2.05) is 24.3 Å². The number of hydrogen-bond donors (Lipinski definition) is 1. The number of halogens is 2. The first-order valence-electron chi connectivity index (χ1n) is 4.70. The Kier molecular flexibility index (Phi) is 3.90. The van der Waals surface area contributed by atoms with Gasteiger partial charge in [0.25, 0.3) is 0 Å². The summed E-state index contributed by atoms with van der Waals surface area (Å²) in [6.07, 6.45) is 3.53. The fourth-order valence-electron chi connectivity index (χ4n) is 1.22. The lowest BCUT2D eigenvalue weighted by Crippen LogP contribution is -2.03. The van der Waals surface area contributed by atoms with Crippen molar-refractivity contribution in [3.05, 3.63) is 51.3 Å². The molecule has 0 aliphatic heterocycles. The molecule has 0 aliphatic carbocycles. The predicted octanol–water partition coefficient (Wildman–Crippen LogP) is 3.61. The van der Waals surface area contributed by atoms with Crippen LogP contribution in [-0.4, -0.2) is 9.97 Å². The lowest BCUT2D eigenvalue weighted by Gasteiger charge is -2.06. The maximum atomic E-state index is 4.26. The molecule has 0 saturated heterocycles. The summed E-state index contributed by atoms with van der Waals surface area (Å²) in [7, 11) is 0. The van der Waals surface area contributed by atoms with Crippen LogP contribution in [-0.2, 0) is 6.54 Å². The first-order chi connectivity index (χ1) is 7.75. The fraction of sp³-hybridized carbons (Fsp3) is 0.0909. The first kappa shape index (κ1) is 11.5. The van der Waals surface area contributed by atoms with Gasteiger partial charge in [0.05, 0.1) is 16.7 Å². The highest BCUT2D eigenvalue weighted by molar-refractivity contribution is 9.11. The summed E-state index contributed by atoms with van der Waals surface area (Å²) in [5.74, 6) is 0.814. The number of rotatable bonds is 3. The van der Waals surface area contributed by atoms with Crippen LogP contribution in [0, 0.1) is 0 Å². The lowest BCUT2D eigenvalue weighted by atomic mass is 10.3. The van der Waals surface area contributed by atoms with Crippen molar-refractivity contribution < 1.29 is 0 Å². The minimum absolute atomic E-state index is 0.661. The van der Waals surface area contributed by atoms with Crippen molar-refractivity contribution in [2.45, 2.75) is 6.54 Å². The minimum atomic E-state index is 0.661. The maximum Gasteiger partial charge on any atom is 0.140 e. The third-order valence-corrected chi connectivity index (χ3v) is 3.01. The van der Waals surface area contributed by atoms with Gasteiger partial charge in [0.15, 0.2) is 0 Å². The van der Waals surface area contributed by atoms with Crippen LogP contribution in [0.5, 0.6) is 0 Å². The first-order valence-corrected chi connectivity index (χ1v) is 6.29. The smallest absolute Gasteiger partial charge is 0.140 e. The molecule has 82 valence electrons. The Morgan fingerprint density at radius 2 is 2.06 bits per heavy atom. The molecule has 5 heteroatoms. The molecule has 0 aliphatic rings. The zero-order valence-electron chi connectivity index (χ0n) is 8.32. The zero-order chi connectivity index (χ0) is 11.4. The number of hydrogen-bond acceptors (Lipinski definition) is 3. The molecule has 0 aromatic carbocycles. The summed E-state index contributed by atoms with van der Waals surface area (Å²) >= 11 is 6.80. The molecule has 0 spiro atoms. The molecule has 2 rings (SSSR count). The summed E-state index contributed by atoms with van der Waals surface area (Å²) in [6, 6.07) is 7.79. The van der Waals surface area contributed by atoms with E-state index < -0.39 is 0 Å². The molecule has 16 heavy (non-hydrogen) atoms. The second-order valence-corrected chi connectivity index (χ2v) is 4.93. The SMILES string of the molecule is Brc1cnc(NCc2ccccn2)c(Br)c1. The molecule has 0 bridgehead atoms. The molecular formula is C11H9Br2N3. The van der Waals surface area contributed by atoms with Crippen molar-refractivity contribution >= 4 is 37.7 Å². The average molecular weight is 343 g/mol. The van der Waals surface area contributed by atoms with Gasteiger partial charge in [-0.25, -0.2) is 4.98 Å². The van der Waals surface area contributed by atoms with Gasteiger partial charge in [0.1, 0.15) is 5.82 Å². The van der Waals surface area contributed by atoms with Gasteiger partial charge in [-0.2, -0.15) is 0 Å². The Bertz CT molecular complexity index is 474. The van der Waals surface area contributed by atoms with Crippen molar-refractivity contribution in [1.82, 2.24) is 9.97 Å². The molecule has 0 fully saturated rings. The molecule has 0 saturated carbocycles. The van der Waals surface area contributed by atoms with Gasteiger partial charge in [0.2, 0.25) is 0 Å². The van der Waals surface area contributed by atoms with Crippen LogP contribution in [0.2, 0.25) is 0 Å². The van der Waals surface area contributed by atoms with E-state index in [2.05, 4.69) is 47.1 Å². The van der Waals surface area contributed by atoms with E-state index in [4.69, 9.17) is 0 Å². The zero-order valence-corrected chi connectivity index (χ0v) is 11.5. The molecule has 2 aromatic rings. The van der Waals surface area contributed by atoms with Gasteiger partial charge in [-0.15, -0.1) is 0 Å². The summed E-state index contributed by atoms with van der Waals surface area (Å²) in [4.78, 5) is 8.49. The molecule has 0 atom stereocenters. The highest BCUT2D eigenvalue weighted by Gasteiger charge is 2.01. The highest BCUT2D eigenvalue weighted by atomic mass is 79.9. The fourth-order valence-corrected chi connectivity index (χ4v) is 2.35. The average Bonchev–Trinajstić information content (AvgIpc) is 2.29. The number of aromatic nitrogens is 2. The molecule has 1 N–H and O–H groups in total. The van der Waals surface area contributed by atoms with Crippen LogP contribution in [0.3, 0.4) is 0 Å². The quantitative estimate of drug-likeness (QED) is 0.925. The van der Waals surface area contributed by atoms with Crippen molar-refractivity contribution in [2.75, 3.05) is 5.32 Å². The van der Waals surface area contributed by atoms with Crippen LogP contribution in [0.4, 0.5) is 5.82 Å². The predicted molar refractivity (Wildman–Crippen MR) is 71.2 cm³/mol. The third-order valence-electron chi connectivity index (χ3n) is 1.97. The molecule has 0 unspecified atom stereocenters. The summed E-state index contributed by atoms with van der Waals surface area (Å²) in [6.45, 7) is 0.661. The second-order valence-electron chi connectivity index (χ2n) is 3.16. The molecule has 2 heterocycles. The van der Waals surface area contributed by atoms with E-state index in [-0.39, 0.29) is 0 Å². The van der Waals surface area contributed by atoms with Crippen LogP contribution >= 0.6 is 31.9 Å². The van der Waals surface area contributed by atoms with Crippen molar-refractivity contribution in [3.8, 4) is 0 Å². The normalized spacial score (nSPS) is 10.1. The largest absolute Gasteiger partial charge is 0.363 e. The van der Waals surface area contributed by atoms with E-state index in [1.165, 1.54) is 0 Å². The third kappa shape index (κ3) is 3.02. The summed E-state index contributed by atoms with van der Waals surface area (Å²) in [5, 5.41) is 3.22. The Labute approximate surface area is 111 Å². The van der Waals surface area contributed by atoms with Crippen molar-refractivity contribution in [2.24, 2.45) is 0 Å². The Hall–Kier alpha value is -0.940. The van der Waals surface area contributed by atoms with Crippen molar-refractivity contribution in [3.63, 3.8) is 0 Å². The van der Waals surface area contributed by atoms with Crippen LogP contribution in [0.1, 0.15) is 5.69 Å². The van der Waals surface area contributed by atoms with Gasteiger partial charge in [-0.05, 0) is 50.1 Å². The van der Waals surface area contributed by atoms with E-state index in [9.17, 15) is 0 Å². The van der Waals surface area contributed by atoms with Gasteiger partial charge in [-0.3, -0.25) is 4.98 Å². The Morgan fingerprint density at radius 1 is 1.19 bits per heavy atom. The van der Waals surface area contributed by atoms with Crippen LogP contribution in [0.25, 0.3) is 0 Å². The van der Waals surface area contributed by atoms with E-state index >= 15 is 0 Å². The van der Waals surface area contributed by atoms with Gasteiger partial charge in [-0.1, -0.05) is 6.07 Å². The maximum absolute atomic E-state index is 4.26. The van der Waals surface area contributed by atoms with Gasteiger partial charge in [0, 0.05) is 16.9 Å². The molecule has 0 amide bonds. The number of nitrogens with one attached hydrogen (secondary N) is 1. The van der Waals surface area contributed by atoms with E-state index in [0.717, 1.165) is 20.5 Å². The van der Waals surface area contributed by atoms with Gasteiger partial charge >= 0.3 is 0 Å². The molecule has 2 aromatic heterocycles. The van der Waals surface area contributed by atoms with Crippen LogP contribution < -0.4 is 5.32 Å². The Morgan fingerprint density at radius 3 is 2.75 bits per heavy atom. The number of anilines is 1. The minimum Gasteiger partial charge on any atom is -0.363 e. The monoisotopic (exact) mass is 341 g/mol. The summed E-state index contributed by atoms with van der Waals surface area (Å²) < 4.78 is 1.88. The van der Waals surface area contributed by atoms with Crippen molar-refractivity contribution in [1.29, 1.82) is 0 Å². The van der Waals surface area contributed by atoms with E-state index in [1.54, 1.807) is 12.4 Å². The molecule has 0 radical (unpaired) electrons. The van der Waals surface area contributed by atoms with Crippen LogP contribution in [0.15, 0.2) is 45.6 Å². The number of pyridine rings is 2. The van der Waals surface area contributed by atoms with Gasteiger partial charge < -0.3 is 5.32 Å². The Balaban J connectivity index is 2.05. The summed E-state index contributed by atoms with van der Waals surface area (Å²) in [5.41, 5.74) is 0.985. The standard InChI is InChI=1S/C11H9Br2N3/c12-8-5-10(13)11(15-6-8)16-7-9-3-1-2-4-14-9/h1-6H,7H2,(H,15,16). The van der Waals surface area contributed by atoms with E-state index in [0.29, 0.717) is 6.54 Å². The second kappa shape index (κ2) is 5.41. The molecule has 3 nitrogen and oxygen atoms in total.